The maximum Gasteiger partial charge on any atom is 0.407 e. The molecule has 1 aromatic heterocycles. The highest BCUT2D eigenvalue weighted by Gasteiger charge is 2.38. The Kier molecular flexibility index (Phi) is 5.73. The molecule has 2 N–H and O–H groups in total. The summed E-state index contributed by atoms with van der Waals surface area (Å²) >= 11 is 0. The van der Waals surface area contributed by atoms with Gasteiger partial charge in [-0.2, -0.15) is 10.2 Å². The van der Waals surface area contributed by atoms with Crippen LogP contribution in [0.1, 0.15) is 37.9 Å². The molecule has 1 aliphatic heterocycles. The minimum Gasteiger partial charge on any atom is -0.504 e. The van der Waals surface area contributed by atoms with Gasteiger partial charge in [-0.25, -0.2) is 18.6 Å². The first-order chi connectivity index (χ1) is 14.1. The quantitative estimate of drug-likeness (QED) is 0.790. The summed E-state index contributed by atoms with van der Waals surface area (Å²) in [6, 6.07) is 4.26. The van der Waals surface area contributed by atoms with Crippen molar-refractivity contribution in [2.75, 3.05) is 18.0 Å². The van der Waals surface area contributed by atoms with Gasteiger partial charge in [0.15, 0.2) is 11.4 Å². The number of halogens is 2. The molecule has 0 spiro atoms. The molecule has 2 heterocycles. The monoisotopic (exact) mass is 417 g/mol. The molecule has 10 heteroatoms. The molecule has 0 unspecified atom stereocenters. The van der Waals surface area contributed by atoms with Gasteiger partial charge in [-0.05, 0) is 44.5 Å². The topological polar surface area (TPSA) is 111 Å². The molecule has 1 saturated heterocycles. The molecule has 0 saturated carbocycles. The van der Waals surface area contributed by atoms with Gasteiger partial charge in [0.2, 0.25) is 5.95 Å². The van der Waals surface area contributed by atoms with Crippen LogP contribution < -0.4 is 10.2 Å². The number of ether oxygens (including phenoxy) is 1. The summed E-state index contributed by atoms with van der Waals surface area (Å²) in [5.74, 6) is -2.08. The lowest BCUT2D eigenvalue weighted by atomic mass is 9.94. The normalized spacial score (nSPS) is 18.7. The van der Waals surface area contributed by atoms with E-state index in [0.717, 1.165) is 24.4 Å². The van der Waals surface area contributed by atoms with Crippen LogP contribution in [-0.2, 0) is 4.74 Å². The van der Waals surface area contributed by atoms with Gasteiger partial charge in [0.25, 0.3) is 0 Å². The molecule has 1 fully saturated rings. The van der Waals surface area contributed by atoms with Gasteiger partial charge in [-0.1, -0.05) is 0 Å². The Morgan fingerprint density at radius 1 is 1.37 bits per heavy atom. The van der Waals surface area contributed by atoms with Crippen LogP contribution in [0.25, 0.3) is 0 Å². The largest absolute Gasteiger partial charge is 0.504 e. The zero-order valence-electron chi connectivity index (χ0n) is 16.7. The van der Waals surface area contributed by atoms with Crippen LogP contribution in [-0.4, -0.2) is 45.9 Å². The predicted molar refractivity (Wildman–Crippen MR) is 103 cm³/mol. The lowest BCUT2D eigenvalue weighted by Crippen LogP contribution is -2.43. The summed E-state index contributed by atoms with van der Waals surface area (Å²) in [7, 11) is 0. The van der Waals surface area contributed by atoms with Gasteiger partial charge in [0.05, 0.1) is 12.2 Å². The third-order valence-electron chi connectivity index (χ3n) is 4.52. The molecule has 0 radical (unpaired) electrons. The van der Waals surface area contributed by atoms with E-state index in [0.29, 0.717) is 0 Å². The fraction of sp³-hybridized carbons (Fsp3) is 0.400. The van der Waals surface area contributed by atoms with Crippen molar-refractivity contribution in [2.24, 2.45) is 0 Å². The van der Waals surface area contributed by atoms with Crippen molar-refractivity contribution >= 4 is 12.0 Å². The highest BCUT2D eigenvalue weighted by Crippen LogP contribution is 2.32. The van der Waals surface area contributed by atoms with E-state index >= 15 is 0 Å². The van der Waals surface area contributed by atoms with E-state index in [1.807, 2.05) is 0 Å². The first-order valence-electron chi connectivity index (χ1n) is 9.23. The van der Waals surface area contributed by atoms with Gasteiger partial charge in [-0.3, -0.25) is 0 Å². The highest BCUT2D eigenvalue weighted by molar-refractivity contribution is 5.68. The number of nitrogens with zero attached hydrogens (tertiary/aromatic N) is 4. The highest BCUT2D eigenvalue weighted by atomic mass is 19.1. The molecule has 30 heavy (non-hydrogen) atoms. The maximum absolute atomic E-state index is 14.5. The zero-order valence-corrected chi connectivity index (χ0v) is 16.7. The third kappa shape index (κ3) is 4.74. The SMILES string of the molecule is CC(C)(C)OC(=O)N[C@H]1CN(c2ncc(O)c(C#N)n2)C[C@@H]1c1cc(F)ccc1F. The second-order valence-electron chi connectivity index (χ2n) is 7.95. The molecule has 1 amide bonds. The molecule has 158 valence electrons. The summed E-state index contributed by atoms with van der Waals surface area (Å²) in [6.45, 7) is 5.45. The molecule has 8 nitrogen and oxygen atoms in total. The van der Waals surface area contributed by atoms with E-state index in [4.69, 9.17) is 10.00 Å². The maximum atomic E-state index is 14.5. The van der Waals surface area contributed by atoms with Crippen molar-refractivity contribution in [3.8, 4) is 11.8 Å². The van der Waals surface area contributed by atoms with E-state index in [9.17, 15) is 18.7 Å². The standard InChI is InChI=1S/C20H21F2N5O3/c1-20(2,3)30-19(29)26-16-10-27(18-24-8-17(28)15(7-23)25-18)9-13(16)12-6-11(21)4-5-14(12)22/h4-6,8,13,16,28H,9-10H2,1-3H3,(H,26,29)/t13-,16+/m1/s1. The number of anilines is 1. The first-order valence-corrected chi connectivity index (χ1v) is 9.23. The van der Waals surface area contributed by atoms with Gasteiger partial charge in [0, 0.05) is 19.0 Å². The average molecular weight is 417 g/mol. The third-order valence-corrected chi connectivity index (χ3v) is 4.52. The van der Waals surface area contributed by atoms with E-state index in [1.165, 1.54) is 0 Å². The van der Waals surface area contributed by atoms with E-state index < -0.39 is 35.3 Å². The Balaban J connectivity index is 1.92. The summed E-state index contributed by atoms with van der Waals surface area (Å²) in [5, 5.41) is 21.4. The van der Waals surface area contributed by atoms with Crippen molar-refractivity contribution in [3.05, 3.63) is 47.3 Å². The number of benzene rings is 1. The lowest BCUT2D eigenvalue weighted by molar-refractivity contribution is 0.0504. The molecule has 0 bridgehead atoms. The molecular weight excluding hydrogens is 396 g/mol. The minimum absolute atomic E-state index is 0.0952. The van der Waals surface area contributed by atoms with Gasteiger partial charge in [0.1, 0.15) is 23.3 Å². The number of amides is 1. The number of carbonyl (C=O) groups is 1. The Labute approximate surface area is 172 Å². The van der Waals surface area contributed by atoms with Crippen molar-refractivity contribution in [3.63, 3.8) is 0 Å². The summed E-state index contributed by atoms with van der Waals surface area (Å²) in [4.78, 5) is 21.9. The van der Waals surface area contributed by atoms with Crippen LogP contribution in [0, 0.1) is 23.0 Å². The Hall–Kier alpha value is -3.48. The fourth-order valence-electron chi connectivity index (χ4n) is 3.29. The van der Waals surface area contributed by atoms with Crippen molar-refractivity contribution < 1.29 is 23.4 Å². The average Bonchev–Trinajstić information content (AvgIpc) is 3.06. The van der Waals surface area contributed by atoms with Crippen molar-refractivity contribution in [2.45, 2.75) is 38.3 Å². The minimum atomic E-state index is -0.732. The number of nitrogens with one attached hydrogen (secondary N) is 1. The molecule has 3 rings (SSSR count). The number of aromatic hydroxyl groups is 1. The Morgan fingerprint density at radius 3 is 2.77 bits per heavy atom. The first kappa shape index (κ1) is 21.2. The number of rotatable bonds is 3. The molecule has 1 aromatic carbocycles. The number of aromatic nitrogens is 2. The number of nitriles is 1. The molecule has 2 atom stereocenters. The second kappa shape index (κ2) is 8.10. The molecule has 2 aromatic rings. The zero-order chi connectivity index (χ0) is 22.1. The van der Waals surface area contributed by atoms with Gasteiger partial charge < -0.3 is 20.1 Å². The van der Waals surface area contributed by atoms with E-state index in [-0.39, 0.29) is 36.0 Å². The van der Waals surface area contributed by atoms with Gasteiger partial charge in [-0.15, -0.1) is 0 Å². The number of hydrogen-bond donors (Lipinski definition) is 2. The summed E-state index contributed by atoms with van der Waals surface area (Å²) in [5.41, 5.74) is -0.848. The number of alkyl carbamates (subject to hydrolysis) is 1. The van der Waals surface area contributed by atoms with Crippen LogP contribution in [0.3, 0.4) is 0 Å². The number of carbonyl (C=O) groups excluding carboxylic acids is 1. The van der Waals surface area contributed by atoms with E-state index in [2.05, 4.69) is 15.3 Å². The van der Waals surface area contributed by atoms with Crippen LogP contribution >= 0.6 is 0 Å². The van der Waals surface area contributed by atoms with Gasteiger partial charge >= 0.3 is 6.09 Å². The summed E-state index contributed by atoms with van der Waals surface area (Å²) < 4.78 is 33.6. The molecule has 0 aliphatic carbocycles. The molecule has 1 aliphatic rings. The Bertz CT molecular complexity index is 1000. The number of hydrogen-bond acceptors (Lipinski definition) is 7. The smallest absolute Gasteiger partial charge is 0.407 e. The van der Waals surface area contributed by atoms with E-state index in [1.54, 1.807) is 31.7 Å². The van der Waals surface area contributed by atoms with Crippen LogP contribution in [0.4, 0.5) is 19.5 Å². The van der Waals surface area contributed by atoms with Crippen LogP contribution in [0.15, 0.2) is 24.4 Å². The summed E-state index contributed by atoms with van der Waals surface area (Å²) in [6.07, 6.45) is 0.397. The predicted octanol–water partition coefficient (Wildman–Crippen LogP) is 2.83. The van der Waals surface area contributed by atoms with Crippen molar-refractivity contribution in [1.82, 2.24) is 15.3 Å². The fourth-order valence-corrected chi connectivity index (χ4v) is 3.29. The van der Waals surface area contributed by atoms with Crippen molar-refractivity contribution in [1.29, 1.82) is 5.26 Å². The molecular formula is C20H21F2N5O3. The lowest BCUT2D eigenvalue weighted by Gasteiger charge is -2.24. The van der Waals surface area contributed by atoms with Crippen LogP contribution in [0.2, 0.25) is 0 Å². The second-order valence-corrected chi connectivity index (χ2v) is 7.95. The van der Waals surface area contributed by atoms with Crippen LogP contribution in [0.5, 0.6) is 5.75 Å². The Morgan fingerprint density at radius 2 is 2.10 bits per heavy atom.